The lowest BCUT2D eigenvalue weighted by atomic mass is 10.3. The smallest absolute Gasteiger partial charge is 0.130 e. The topological polar surface area (TPSA) is 45.0 Å². The van der Waals surface area contributed by atoms with Crippen LogP contribution < -0.4 is 10.1 Å². The Morgan fingerprint density at radius 2 is 2.38 bits per heavy atom. The molecule has 1 aromatic rings. The molecule has 3 nitrogen and oxygen atoms in total. The first kappa shape index (κ1) is 10.9. The van der Waals surface area contributed by atoms with Crippen molar-refractivity contribution in [2.24, 2.45) is 0 Å². The highest BCUT2D eigenvalue weighted by molar-refractivity contribution is 5.22. The van der Waals surface area contributed by atoms with E-state index >= 15 is 0 Å². The second-order valence-electron chi connectivity index (χ2n) is 3.89. The zero-order valence-electron chi connectivity index (χ0n) is 8.82. The van der Waals surface area contributed by atoms with Crippen molar-refractivity contribution in [1.29, 1.82) is 5.26 Å². The Hall–Kier alpha value is -1.60. The average molecular weight is 220 g/mol. The van der Waals surface area contributed by atoms with E-state index in [9.17, 15) is 4.39 Å². The molecule has 1 aliphatic carbocycles. The van der Waals surface area contributed by atoms with Gasteiger partial charge in [0.2, 0.25) is 0 Å². The Labute approximate surface area is 93.8 Å². The van der Waals surface area contributed by atoms with Gasteiger partial charge in [-0.05, 0) is 25.0 Å². The summed E-state index contributed by atoms with van der Waals surface area (Å²) in [6.45, 7) is 0.246. The van der Waals surface area contributed by atoms with Crippen LogP contribution in [0.5, 0.6) is 5.75 Å². The molecule has 4 heteroatoms. The lowest BCUT2D eigenvalue weighted by Gasteiger charge is -2.12. The second kappa shape index (κ2) is 4.95. The highest BCUT2D eigenvalue weighted by Gasteiger charge is 2.24. The van der Waals surface area contributed by atoms with Crippen molar-refractivity contribution in [1.82, 2.24) is 5.32 Å². The van der Waals surface area contributed by atoms with E-state index in [1.54, 1.807) is 12.1 Å². The molecule has 1 atom stereocenters. The Bertz CT molecular complexity index is 398. The van der Waals surface area contributed by atoms with Gasteiger partial charge in [0.25, 0.3) is 0 Å². The maximum Gasteiger partial charge on any atom is 0.130 e. The fourth-order valence-corrected chi connectivity index (χ4v) is 1.39. The number of rotatable bonds is 5. The molecule has 16 heavy (non-hydrogen) atoms. The minimum atomic E-state index is -0.332. The van der Waals surface area contributed by atoms with Gasteiger partial charge in [0.05, 0.1) is 6.07 Å². The molecule has 1 aliphatic rings. The summed E-state index contributed by atoms with van der Waals surface area (Å²) >= 11 is 0. The number of nitrogens with zero attached hydrogens (tertiary/aromatic N) is 1. The molecule has 1 saturated carbocycles. The molecule has 0 saturated heterocycles. The third-order valence-corrected chi connectivity index (χ3v) is 2.38. The molecule has 1 unspecified atom stereocenters. The number of halogens is 1. The predicted molar refractivity (Wildman–Crippen MR) is 57.5 cm³/mol. The molecule has 0 spiro atoms. The van der Waals surface area contributed by atoms with Gasteiger partial charge in [-0.3, -0.25) is 5.32 Å². The number of hydrogen-bond donors (Lipinski definition) is 1. The molecule has 0 heterocycles. The third kappa shape index (κ3) is 3.21. The molecule has 0 aliphatic heterocycles. The molecule has 0 bridgehead atoms. The van der Waals surface area contributed by atoms with Gasteiger partial charge in [-0.1, -0.05) is 6.07 Å². The van der Waals surface area contributed by atoms with Gasteiger partial charge >= 0.3 is 0 Å². The van der Waals surface area contributed by atoms with Crippen molar-refractivity contribution in [3.05, 3.63) is 30.1 Å². The van der Waals surface area contributed by atoms with Gasteiger partial charge in [0.1, 0.15) is 24.2 Å². The van der Waals surface area contributed by atoms with Crippen molar-refractivity contribution in [3.8, 4) is 11.8 Å². The molecular weight excluding hydrogens is 207 g/mol. The number of hydrogen-bond acceptors (Lipinski definition) is 3. The number of ether oxygens (including phenoxy) is 1. The molecule has 0 aromatic heterocycles. The number of benzene rings is 1. The van der Waals surface area contributed by atoms with E-state index in [2.05, 4.69) is 11.4 Å². The van der Waals surface area contributed by atoms with Crippen LogP contribution in [0.2, 0.25) is 0 Å². The van der Waals surface area contributed by atoms with Crippen molar-refractivity contribution in [2.75, 3.05) is 6.61 Å². The average Bonchev–Trinajstić information content (AvgIpc) is 3.08. The van der Waals surface area contributed by atoms with Crippen LogP contribution in [0.4, 0.5) is 4.39 Å². The predicted octanol–water partition coefficient (Wildman–Crippen LogP) is 1.85. The minimum Gasteiger partial charge on any atom is -0.491 e. The van der Waals surface area contributed by atoms with Crippen LogP contribution in [0.25, 0.3) is 0 Å². The third-order valence-electron chi connectivity index (χ3n) is 2.38. The molecule has 0 amide bonds. The van der Waals surface area contributed by atoms with E-state index in [0.29, 0.717) is 11.8 Å². The maximum absolute atomic E-state index is 12.8. The van der Waals surface area contributed by atoms with Gasteiger partial charge < -0.3 is 4.74 Å². The Balaban J connectivity index is 1.83. The van der Waals surface area contributed by atoms with Crippen LogP contribution in [-0.4, -0.2) is 18.7 Å². The van der Waals surface area contributed by atoms with Crippen molar-refractivity contribution in [2.45, 2.75) is 24.9 Å². The molecular formula is C12H13FN2O. The van der Waals surface area contributed by atoms with E-state index in [4.69, 9.17) is 10.00 Å². The fourth-order valence-electron chi connectivity index (χ4n) is 1.39. The molecule has 84 valence electrons. The summed E-state index contributed by atoms with van der Waals surface area (Å²) in [5.74, 6) is 0.124. The summed E-state index contributed by atoms with van der Waals surface area (Å²) in [7, 11) is 0. The van der Waals surface area contributed by atoms with Crippen molar-refractivity contribution < 1.29 is 9.13 Å². The van der Waals surface area contributed by atoms with Crippen LogP contribution >= 0.6 is 0 Å². The molecule has 1 fully saturated rings. The molecule has 1 N–H and O–H groups in total. The zero-order valence-corrected chi connectivity index (χ0v) is 8.82. The monoisotopic (exact) mass is 220 g/mol. The first-order valence-electron chi connectivity index (χ1n) is 5.32. The quantitative estimate of drug-likeness (QED) is 0.823. The Kier molecular flexibility index (Phi) is 3.37. The van der Waals surface area contributed by atoms with Gasteiger partial charge in [-0.15, -0.1) is 0 Å². The standard InChI is InChI=1S/C12H13FN2O/c13-9-2-1-3-12(6-9)16-8-11(7-14)15-10-4-5-10/h1-3,6,10-11,15H,4-5,8H2. The van der Waals surface area contributed by atoms with Crippen LogP contribution in [0.3, 0.4) is 0 Å². The summed E-state index contributed by atoms with van der Waals surface area (Å²) in [6.07, 6.45) is 2.25. The summed E-state index contributed by atoms with van der Waals surface area (Å²) in [4.78, 5) is 0. The molecule has 1 aromatic carbocycles. The highest BCUT2D eigenvalue weighted by Crippen LogP contribution is 2.19. The minimum absolute atomic E-state index is 0.246. The first-order valence-corrected chi connectivity index (χ1v) is 5.32. The SMILES string of the molecule is N#CC(COc1cccc(F)c1)NC1CC1. The van der Waals surface area contributed by atoms with Gasteiger partial charge in [-0.25, -0.2) is 4.39 Å². The summed E-state index contributed by atoms with van der Waals surface area (Å²) in [5, 5.41) is 12.0. The van der Waals surface area contributed by atoms with E-state index in [1.807, 2.05) is 0 Å². The molecule has 2 rings (SSSR count). The van der Waals surface area contributed by atoms with Crippen LogP contribution in [0.15, 0.2) is 24.3 Å². The van der Waals surface area contributed by atoms with E-state index in [1.165, 1.54) is 12.1 Å². The summed E-state index contributed by atoms with van der Waals surface area (Å²) in [5.41, 5.74) is 0. The van der Waals surface area contributed by atoms with Gasteiger partial charge in [0, 0.05) is 12.1 Å². The second-order valence-corrected chi connectivity index (χ2v) is 3.89. The number of nitrogens with one attached hydrogen (secondary N) is 1. The van der Waals surface area contributed by atoms with Gasteiger partial charge in [0.15, 0.2) is 0 Å². The fraction of sp³-hybridized carbons (Fsp3) is 0.417. The first-order chi connectivity index (χ1) is 7.78. The van der Waals surface area contributed by atoms with Crippen LogP contribution in [0, 0.1) is 17.1 Å². The Morgan fingerprint density at radius 1 is 1.56 bits per heavy atom. The van der Waals surface area contributed by atoms with Gasteiger partial charge in [-0.2, -0.15) is 5.26 Å². The largest absolute Gasteiger partial charge is 0.491 e. The maximum atomic E-state index is 12.8. The van der Waals surface area contributed by atoms with Crippen molar-refractivity contribution in [3.63, 3.8) is 0 Å². The number of nitriles is 1. The van der Waals surface area contributed by atoms with E-state index in [-0.39, 0.29) is 18.5 Å². The highest BCUT2D eigenvalue weighted by atomic mass is 19.1. The Morgan fingerprint density at radius 3 is 3.00 bits per heavy atom. The normalized spacial score (nSPS) is 16.5. The van der Waals surface area contributed by atoms with Crippen LogP contribution in [0.1, 0.15) is 12.8 Å². The lowest BCUT2D eigenvalue weighted by molar-refractivity contribution is 0.287. The zero-order chi connectivity index (χ0) is 11.4. The van der Waals surface area contributed by atoms with Crippen molar-refractivity contribution >= 4 is 0 Å². The van der Waals surface area contributed by atoms with E-state index < -0.39 is 0 Å². The lowest BCUT2D eigenvalue weighted by Crippen LogP contribution is -2.34. The summed E-state index contributed by atoms with van der Waals surface area (Å²) in [6, 6.07) is 8.19. The van der Waals surface area contributed by atoms with Crippen LogP contribution in [-0.2, 0) is 0 Å². The summed E-state index contributed by atoms with van der Waals surface area (Å²) < 4.78 is 18.2. The molecule has 0 radical (unpaired) electrons. The van der Waals surface area contributed by atoms with E-state index in [0.717, 1.165) is 12.8 Å².